The van der Waals surface area contributed by atoms with Crippen LogP contribution < -0.4 is 10.2 Å². The van der Waals surface area contributed by atoms with E-state index in [2.05, 4.69) is 29.1 Å². The Bertz CT molecular complexity index is 634. The fraction of sp³-hybridized carbons (Fsp3) is 0.619. The molecule has 2 rings (SSSR count). The molecule has 0 unspecified atom stereocenters. The maximum absolute atomic E-state index is 12.7. The van der Waals surface area contributed by atoms with Gasteiger partial charge in [0.05, 0.1) is 0 Å². The minimum atomic E-state index is -1.10. The van der Waals surface area contributed by atoms with Crippen molar-refractivity contribution in [3.8, 4) is 0 Å². The molecule has 150 valence electrons. The van der Waals surface area contributed by atoms with Crippen LogP contribution >= 0.6 is 0 Å². The summed E-state index contributed by atoms with van der Waals surface area (Å²) in [5, 5.41) is 2.90. The number of benzene rings is 1. The van der Waals surface area contributed by atoms with Crippen molar-refractivity contribution in [3.05, 3.63) is 24.3 Å². The van der Waals surface area contributed by atoms with Gasteiger partial charge in [-0.15, -0.1) is 0 Å². The minimum Gasteiger partial charge on any atom is -0.369 e. The number of unbranched alkanes of at least 4 members (excludes halogenated alkanes) is 1. The number of piperazine rings is 1. The van der Waals surface area contributed by atoms with Crippen LogP contribution in [-0.2, 0) is 9.59 Å². The summed E-state index contributed by atoms with van der Waals surface area (Å²) in [6.07, 6.45) is 1.96. The topological polar surface area (TPSA) is 55.9 Å². The van der Waals surface area contributed by atoms with Crippen molar-refractivity contribution < 1.29 is 9.59 Å². The van der Waals surface area contributed by atoms with E-state index in [-0.39, 0.29) is 11.8 Å². The molecular weight excluding hydrogens is 340 g/mol. The zero-order chi connectivity index (χ0) is 20.0. The molecular formula is C21H34N4O2. The van der Waals surface area contributed by atoms with Crippen molar-refractivity contribution in [2.45, 2.75) is 33.6 Å². The highest BCUT2D eigenvalue weighted by atomic mass is 16.2. The van der Waals surface area contributed by atoms with E-state index in [1.54, 1.807) is 25.8 Å². The predicted molar refractivity (Wildman–Crippen MR) is 111 cm³/mol. The van der Waals surface area contributed by atoms with Gasteiger partial charge in [-0.05, 0) is 51.6 Å². The molecule has 0 radical (unpaired) electrons. The van der Waals surface area contributed by atoms with Crippen LogP contribution in [0.2, 0.25) is 0 Å². The number of nitrogens with one attached hydrogen (secondary N) is 1. The first-order chi connectivity index (χ1) is 12.8. The van der Waals surface area contributed by atoms with Crippen LogP contribution in [0.5, 0.6) is 0 Å². The van der Waals surface area contributed by atoms with E-state index in [1.165, 1.54) is 0 Å². The van der Waals surface area contributed by atoms with E-state index >= 15 is 0 Å². The Balaban J connectivity index is 1.97. The number of hydrogen-bond donors (Lipinski definition) is 1. The van der Waals surface area contributed by atoms with Crippen LogP contribution in [0, 0.1) is 5.41 Å². The molecule has 1 heterocycles. The van der Waals surface area contributed by atoms with Gasteiger partial charge in [-0.25, -0.2) is 0 Å². The second-order valence-corrected chi connectivity index (χ2v) is 8.00. The summed E-state index contributed by atoms with van der Waals surface area (Å²) in [6.45, 7) is 10.3. The molecule has 0 bridgehead atoms. The zero-order valence-corrected chi connectivity index (χ0v) is 17.4. The Kier molecular flexibility index (Phi) is 7.25. The van der Waals surface area contributed by atoms with Gasteiger partial charge in [0.25, 0.3) is 0 Å². The Hall–Kier alpha value is -2.08. The first-order valence-electron chi connectivity index (χ1n) is 9.86. The Morgan fingerprint density at radius 3 is 2.26 bits per heavy atom. The van der Waals surface area contributed by atoms with E-state index in [9.17, 15) is 9.59 Å². The summed E-state index contributed by atoms with van der Waals surface area (Å²) in [5.74, 6) is -0.425. The van der Waals surface area contributed by atoms with Gasteiger partial charge in [0.15, 0.2) is 0 Å². The van der Waals surface area contributed by atoms with E-state index in [0.717, 1.165) is 50.4 Å². The quantitative estimate of drug-likeness (QED) is 0.746. The Morgan fingerprint density at radius 2 is 1.70 bits per heavy atom. The number of carbonyl (C=O) groups excluding carboxylic acids is 2. The number of amides is 2. The Morgan fingerprint density at radius 1 is 1.11 bits per heavy atom. The smallest absolute Gasteiger partial charge is 0.239 e. The summed E-state index contributed by atoms with van der Waals surface area (Å²) >= 11 is 0. The third-order valence-corrected chi connectivity index (χ3v) is 5.29. The van der Waals surface area contributed by atoms with Crippen molar-refractivity contribution in [2.24, 2.45) is 5.41 Å². The van der Waals surface area contributed by atoms with Gasteiger partial charge in [-0.1, -0.05) is 13.3 Å². The summed E-state index contributed by atoms with van der Waals surface area (Å²) in [6, 6.07) is 7.88. The number of nitrogens with zero attached hydrogens (tertiary/aromatic N) is 3. The molecule has 1 N–H and O–H groups in total. The van der Waals surface area contributed by atoms with E-state index < -0.39 is 5.41 Å². The molecule has 6 heteroatoms. The number of rotatable bonds is 7. The van der Waals surface area contributed by atoms with E-state index in [1.807, 2.05) is 24.3 Å². The predicted octanol–water partition coefficient (Wildman–Crippen LogP) is 2.66. The molecule has 0 atom stereocenters. The number of hydrogen-bond acceptors (Lipinski definition) is 4. The third kappa shape index (κ3) is 5.45. The second kappa shape index (κ2) is 9.22. The Labute approximate surface area is 163 Å². The second-order valence-electron chi connectivity index (χ2n) is 8.00. The van der Waals surface area contributed by atoms with Crippen LogP contribution in [0.15, 0.2) is 24.3 Å². The monoisotopic (exact) mass is 374 g/mol. The highest BCUT2D eigenvalue weighted by Crippen LogP contribution is 2.24. The number of carbonyl (C=O) groups is 2. The standard InChI is InChI=1S/C21H34N4O2/c1-6-7-12-24(5)20(27)21(2,3)19(26)22-17-8-10-18(11-9-17)25-15-13-23(4)14-16-25/h8-11H,6-7,12-16H2,1-5H3,(H,22,26). The van der Waals surface area contributed by atoms with Crippen molar-refractivity contribution in [3.63, 3.8) is 0 Å². The van der Waals surface area contributed by atoms with Crippen LogP contribution in [0.3, 0.4) is 0 Å². The van der Waals surface area contributed by atoms with Crippen LogP contribution in [0.4, 0.5) is 11.4 Å². The molecule has 0 aliphatic carbocycles. The van der Waals surface area contributed by atoms with Gasteiger partial charge in [0.1, 0.15) is 5.41 Å². The summed E-state index contributed by atoms with van der Waals surface area (Å²) in [5.41, 5.74) is 0.782. The molecule has 27 heavy (non-hydrogen) atoms. The summed E-state index contributed by atoms with van der Waals surface area (Å²) in [4.78, 5) is 31.7. The molecule has 1 aliphatic rings. The largest absolute Gasteiger partial charge is 0.369 e. The molecule has 1 aliphatic heterocycles. The summed E-state index contributed by atoms with van der Waals surface area (Å²) < 4.78 is 0. The van der Waals surface area contributed by atoms with Gasteiger partial charge in [-0.3, -0.25) is 9.59 Å². The van der Waals surface area contributed by atoms with Gasteiger partial charge < -0.3 is 20.0 Å². The van der Waals surface area contributed by atoms with E-state index in [4.69, 9.17) is 0 Å². The lowest BCUT2D eigenvalue weighted by atomic mass is 9.90. The van der Waals surface area contributed by atoms with E-state index in [0.29, 0.717) is 6.54 Å². The third-order valence-electron chi connectivity index (χ3n) is 5.29. The normalized spacial score (nSPS) is 15.5. The fourth-order valence-electron chi connectivity index (χ4n) is 3.18. The molecule has 0 saturated carbocycles. The van der Waals surface area contributed by atoms with Crippen molar-refractivity contribution in [1.82, 2.24) is 9.80 Å². The fourth-order valence-corrected chi connectivity index (χ4v) is 3.18. The molecule has 1 saturated heterocycles. The van der Waals surface area contributed by atoms with Crippen LogP contribution in [0.25, 0.3) is 0 Å². The van der Waals surface area contributed by atoms with Gasteiger partial charge >= 0.3 is 0 Å². The van der Waals surface area contributed by atoms with Gasteiger partial charge in [0, 0.05) is 51.1 Å². The molecule has 1 aromatic carbocycles. The maximum atomic E-state index is 12.7. The van der Waals surface area contributed by atoms with Crippen LogP contribution in [-0.4, -0.2) is 68.4 Å². The highest BCUT2D eigenvalue weighted by Gasteiger charge is 2.38. The number of likely N-dealkylation sites (N-methyl/N-ethyl adjacent to an activating group) is 1. The van der Waals surface area contributed by atoms with Gasteiger partial charge in [0.2, 0.25) is 11.8 Å². The number of anilines is 2. The average molecular weight is 375 g/mol. The lowest BCUT2D eigenvalue weighted by Crippen LogP contribution is -2.46. The van der Waals surface area contributed by atoms with Crippen LogP contribution in [0.1, 0.15) is 33.6 Å². The summed E-state index contributed by atoms with van der Waals surface area (Å²) in [7, 11) is 3.90. The molecule has 1 aromatic rings. The SMILES string of the molecule is CCCCN(C)C(=O)C(C)(C)C(=O)Nc1ccc(N2CCN(C)CC2)cc1. The lowest BCUT2D eigenvalue weighted by molar-refractivity contribution is -0.145. The minimum absolute atomic E-state index is 0.150. The maximum Gasteiger partial charge on any atom is 0.239 e. The molecule has 0 aromatic heterocycles. The molecule has 0 spiro atoms. The lowest BCUT2D eigenvalue weighted by Gasteiger charge is -2.34. The molecule has 2 amide bonds. The van der Waals surface area contributed by atoms with Gasteiger partial charge in [-0.2, -0.15) is 0 Å². The molecule has 6 nitrogen and oxygen atoms in total. The first kappa shape index (κ1) is 21.2. The molecule has 1 fully saturated rings. The first-order valence-corrected chi connectivity index (χ1v) is 9.86. The average Bonchev–Trinajstić information content (AvgIpc) is 2.66. The van der Waals surface area contributed by atoms with Crippen molar-refractivity contribution in [1.29, 1.82) is 0 Å². The zero-order valence-electron chi connectivity index (χ0n) is 17.4. The highest BCUT2D eigenvalue weighted by molar-refractivity contribution is 6.09. The van der Waals surface area contributed by atoms with Crippen molar-refractivity contribution >= 4 is 23.2 Å². The van der Waals surface area contributed by atoms with Crippen molar-refractivity contribution in [2.75, 3.05) is 57.0 Å².